The van der Waals surface area contributed by atoms with Crippen LogP contribution in [0.25, 0.3) is 0 Å². The molecular weight excluding hydrogens is 250 g/mol. The zero-order chi connectivity index (χ0) is 13.9. The van der Waals surface area contributed by atoms with Gasteiger partial charge in [-0.05, 0) is 29.8 Å². The first-order chi connectivity index (χ1) is 8.24. The highest BCUT2D eigenvalue weighted by atomic mass is 19.4. The third-order valence-corrected chi connectivity index (χ3v) is 2.26. The van der Waals surface area contributed by atoms with Gasteiger partial charge >= 0.3 is 6.18 Å². The van der Waals surface area contributed by atoms with Crippen molar-refractivity contribution in [2.45, 2.75) is 12.7 Å². The fraction of sp³-hybridized carbons (Fsp3) is 0.250. The number of hydrogen-bond donors (Lipinski definition) is 0. The van der Waals surface area contributed by atoms with Crippen LogP contribution in [-0.2, 0) is 17.5 Å². The number of benzene rings is 1. The molecule has 0 aliphatic rings. The lowest BCUT2D eigenvalue weighted by atomic mass is 10.1. The van der Waals surface area contributed by atoms with E-state index in [2.05, 4.69) is 6.58 Å². The van der Waals surface area contributed by atoms with Crippen LogP contribution in [0.15, 0.2) is 30.9 Å². The topological polar surface area (TPSA) is 20.3 Å². The zero-order valence-electron chi connectivity index (χ0n) is 9.59. The second-order valence-corrected chi connectivity index (χ2v) is 3.74. The van der Waals surface area contributed by atoms with Gasteiger partial charge in [0.25, 0.3) is 0 Å². The van der Waals surface area contributed by atoms with E-state index < -0.39 is 23.5 Å². The largest absolute Gasteiger partial charge is 0.416 e. The number of carbonyl (C=O) groups is 1. The Morgan fingerprint density at radius 3 is 2.50 bits per heavy atom. The molecule has 2 nitrogen and oxygen atoms in total. The molecule has 0 saturated heterocycles. The fourth-order valence-corrected chi connectivity index (χ4v) is 1.41. The molecule has 0 heterocycles. The summed E-state index contributed by atoms with van der Waals surface area (Å²) in [5, 5.41) is 0. The van der Waals surface area contributed by atoms with Crippen molar-refractivity contribution < 1.29 is 22.4 Å². The minimum Gasteiger partial charge on any atom is -0.338 e. The first-order valence-corrected chi connectivity index (χ1v) is 4.98. The monoisotopic (exact) mass is 261 g/mol. The maximum absolute atomic E-state index is 13.1. The molecule has 18 heavy (non-hydrogen) atoms. The number of rotatable bonds is 3. The van der Waals surface area contributed by atoms with Gasteiger partial charge in [-0.25, -0.2) is 4.39 Å². The second-order valence-electron chi connectivity index (χ2n) is 3.74. The number of alkyl halides is 3. The molecule has 0 aliphatic heterocycles. The Balaban J connectivity index is 3.00. The predicted octanol–water partition coefficient (Wildman–Crippen LogP) is 2.99. The predicted molar refractivity (Wildman–Crippen MR) is 58.1 cm³/mol. The maximum Gasteiger partial charge on any atom is 0.416 e. The number of likely N-dealkylation sites (N-methyl/N-ethyl adjacent to an activating group) is 1. The summed E-state index contributed by atoms with van der Waals surface area (Å²) >= 11 is 0. The summed E-state index contributed by atoms with van der Waals surface area (Å²) in [5.74, 6) is -1.44. The number of halogens is 4. The summed E-state index contributed by atoms with van der Waals surface area (Å²) in [5.41, 5.74) is -1.00. The molecule has 1 amide bonds. The molecule has 98 valence electrons. The SMILES string of the molecule is C=CC(=O)N(C)Cc1cc(F)cc(C(F)(F)F)c1. The van der Waals surface area contributed by atoms with Crippen LogP contribution in [0.3, 0.4) is 0 Å². The van der Waals surface area contributed by atoms with Gasteiger partial charge in [0, 0.05) is 13.6 Å². The number of nitrogens with zero attached hydrogens (tertiary/aromatic N) is 1. The van der Waals surface area contributed by atoms with E-state index in [4.69, 9.17) is 0 Å². The van der Waals surface area contributed by atoms with Gasteiger partial charge in [0.2, 0.25) is 5.91 Å². The summed E-state index contributed by atoms with van der Waals surface area (Å²) in [4.78, 5) is 12.3. The molecule has 0 unspecified atom stereocenters. The fourth-order valence-electron chi connectivity index (χ4n) is 1.41. The molecule has 1 rings (SSSR count). The van der Waals surface area contributed by atoms with E-state index in [0.29, 0.717) is 6.07 Å². The summed E-state index contributed by atoms with van der Waals surface area (Å²) in [6, 6.07) is 2.19. The van der Waals surface area contributed by atoms with Crippen molar-refractivity contribution >= 4 is 5.91 Å². The summed E-state index contributed by atoms with van der Waals surface area (Å²) in [6.45, 7) is 3.13. The molecular formula is C12H11F4NO. The number of hydrogen-bond acceptors (Lipinski definition) is 1. The Bertz CT molecular complexity index is 468. The van der Waals surface area contributed by atoms with Crippen molar-refractivity contribution in [3.05, 3.63) is 47.8 Å². The number of carbonyl (C=O) groups excluding carboxylic acids is 1. The van der Waals surface area contributed by atoms with E-state index in [1.807, 2.05) is 0 Å². The van der Waals surface area contributed by atoms with E-state index in [1.54, 1.807) is 0 Å². The third-order valence-electron chi connectivity index (χ3n) is 2.26. The van der Waals surface area contributed by atoms with Crippen LogP contribution in [0.4, 0.5) is 17.6 Å². The Morgan fingerprint density at radius 1 is 1.39 bits per heavy atom. The van der Waals surface area contributed by atoms with Crippen molar-refractivity contribution in [3.63, 3.8) is 0 Å². The highest BCUT2D eigenvalue weighted by Gasteiger charge is 2.31. The summed E-state index contributed by atoms with van der Waals surface area (Å²) in [6.07, 6.45) is -3.58. The Morgan fingerprint density at radius 2 is 2.00 bits per heavy atom. The molecule has 0 radical (unpaired) electrons. The van der Waals surface area contributed by atoms with Gasteiger partial charge in [-0.3, -0.25) is 4.79 Å². The Hall–Kier alpha value is -1.85. The van der Waals surface area contributed by atoms with Crippen LogP contribution in [0.5, 0.6) is 0 Å². The van der Waals surface area contributed by atoms with E-state index in [9.17, 15) is 22.4 Å². The standard InChI is InChI=1S/C12H11F4NO/c1-3-11(18)17(2)7-8-4-9(12(14,15)16)6-10(13)5-8/h3-6H,1,7H2,2H3. The molecule has 0 bridgehead atoms. The van der Waals surface area contributed by atoms with Gasteiger partial charge in [0.05, 0.1) is 5.56 Å². The van der Waals surface area contributed by atoms with Crippen molar-refractivity contribution in [1.29, 1.82) is 0 Å². The first kappa shape index (κ1) is 14.2. The molecule has 1 aromatic rings. The minimum atomic E-state index is -4.61. The van der Waals surface area contributed by atoms with Crippen LogP contribution in [-0.4, -0.2) is 17.9 Å². The lowest BCUT2D eigenvalue weighted by molar-refractivity contribution is -0.137. The molecule has 0 fully saturated rings. The van der Waals surface area contributed by atoms with Crippen molar-refractivity contribution in [3.8, 4) is 0 Å². The number of amides is 1. The highest BCUT2D eigenvalue weighted by molar-refractivity contribution is 5.86. The van der Waals surface area contributed by atoms with E-state index >= 15 is 0 Å². The Labute approximate surface area is 102 Å². The van der Waals surface area contributed by atoms with Crippen LogP contribution < -0.4 is 0 Å². The average Bonchev–Trinajstić information content (AvgIpc) is 2.25. The Kier molecular flexibility index (Phi) is 4.11. The summed E-state index contributed by atoms with van der Waals surface area (Å²) < 4.78 is 50.4. The lowest BCUT2D eigenvalue weighted by Gasteiger charge is -2.16. The maximum atomic E-state index is 13.1. The van der Waals surface area contributed by atoms with Crippen LogP contribution in [0, 0.1) is 5.82 Å². The van der Waals surface area contributed by atoms with Gasteiger partial charge in [0.1, 0.15) is 5.82 Å². The van der Waals surface area contributed by atoms with Crippen LogP contribution >= 0.6 is 0 Å². The normalized spacial score (nSPS) is 11.2. The minimum absolute atomic E-state index is 0.0695. The summed E-state index contributed by atoms with van der Waals surface area (Å²) in [7, 11) is 1.39. The molecule has 0 aromatic heterocycles. The van der Waals surface area contributed by atoms with Crippen molar-refractivity contribution in [1.82, 2.24) is 4.90 Å². The van der Waals surface area contributed by atoms with Gasteiger partial charge in [0.15, 0.2) is 0 Å². The molecule has 0 atom stereocenters. The van der Waals surface area contributed by atoms with Gasteiger partial charge in [-0.1, -0.05) is 6.58 Å². The van der Waals surface area contributed by atoms with Crippen molar-refractivity contribution in [2.24, 2.45) is 0 Å². The van der Waals surface area contributed by atoms with Crippen LogP contribution in [0.1, 0.15) is 11.1 Å². The van der Waals surface area contributed by atoms with Gasteiger partial charge < -0.3 is 4.90 Å². The second kappa shape index (κ2) is 5.20. The molecule has 0 spiro atoms. The molecule has 0 N–H and O–H groups in total. The molecule has 0 aliphatic carbocycles. The zero-order valence-corrected chi connectivity index (χ0v) is 9.59. The molecule has 0 saturated carbocycles. The lowest BCUT2D eigenvalue weighted by Crippen LogP contribution is -2.24. The smallest absolute Gasteiger partial charge is 0.338 e. The molecule has 1 aromatic carbocycles. The molecule has 6 heteroatoms. The van der Waals surface area contributed by atoms with Gasteiger partial charge in [-0.2, -0.15) is 13.2 Å². The van der Waals surface area contributed by atoms with Crippen LogP contribution in [0.2, 0.25) is 0 Å². The van der Waals surface area contributed by atoms with E-state index in [0.717, 1.165) is 23.1 Å². The first-order valence-electron chi connectivity index (χ1n) is 4.98. The van der Waals surface area contributed by atoms with Gasteiger partial charge in [-0.15, -0.1) is 0 Å². The van der Waals surface area contributed by atoms with E-state index in [-0.39, 0.29) is 12.1 Å². The van der Waals surface area contributed by atoms with E-state index in [1.165, 1.54) is 7.05 Å². The highest BCUT2D eigenvalue weighted by Crippen LogP contribution is 2.30. The quantitative estimate of drug-likeness (QED) is 0.605. The average molecular weight is 261 g/mol. The third kappa shape index (κ3) is 3.58. The van der Waals surface area contributed by atoms with Crippen molar-refractivity contribution in [2.75, 3.05) is 7.05 Å².